The highest BCUT2D eigenvalue weighted by atomic mass is 16.2. The average Bonchev–Trinajstić information content (AvgIpc) is 2.68. The number of carbonyl (C=O) groups is 2. The predicted molar refractivity (Wildman–Crippen MR) is 63.2 cm³/mol. The summed E-state index contributed by atoms with van der Waals surface area (Å²) in [4.78, 5) is 24.3. The van der Waals surface area contributed by atoms with Crippen LogP contribution in [0.2, 0.25) is 0 Å². The van der Waals surface area contributed by atoms with E-state index in [1.165, 1.54) is 4.90 Å². The zero-order valence-electron chi connectivity index (χ0n) is 9.43. The Hall–Kier alpha value is -1.88. The number of urea groups is 1. The molecule has 0 aliphatic carbocycles. The second-order valence-corrected chi connectivity index (χ2v) is 4.00. The van der Waals surface area contributed by atoms with Crippen LogP contribution in [-0.4, -0.2) is 36.0 Å². The van der Waals surface area contributed by atoms with E-state index < -0.39 is 0 Å². The van der Waals surface area contributed by atoms with Crippen molar-refractivity contribution in [2.75, 3.05) is 13.1 Å². The maximum absolute atomic E-state index is 11.6. The van der Waals surface area contributed by atoms with Gasteiger partial charge in [-0.1, -0.05) is 30.3 Å². The molecule has 1 saturated heterocycles. The minimum absolute atomic E-state index is 0.0735. The number of imide groups is 1. The largest absolute Gasteiger partial charge is 0.329 e. The van der Waals surface area contributed by atoms with E-state index in [1.807, 2.05) is 30.3 Å². The number of carbonyl (C=O) groups excluding carboxylic acids is 2. The van der Waals surface area contributed by atoms with Gasteiger partial charge in [-0.2, -0.15) is 0 Å². The SMILES string of the molecule is NCC(Cc1ccccc1)N1C(=O)CNC1=O. The molecule has 1 aliphatic heterocycles. The normalized spacial score (nSPS) is 17.1. The molecule has 0 spiro atoms. The Kier molecular flexibility index (Phi) is 3.39. The molecular formula is C12H15N3O2. The summed E-state index contributed by atoms with van der Waals surface area (Å²) in [7, 11) is 0. The molecule has 1 fully saturated rings. The van der Waals surface area contributed by atoms with Crippen molar-refractivity contribution in [3.8, 4) is 0 Å². The predicted octanol–water partition coefficient (Wildman–Crippen LogP) is 0.108. The van der Waals surface area contributed by atoms with E-state index in [4.69, 9.17) is 5.73 Å². The summed E-state index contributed by atoms with van der Waals surface area (Å²) in [5, 5.41) is 2.50. The molecule has 1 aromatic carbocycles. The zero-order valence-corrected chi connectivity index (χ0v) is 9.43. The fourth-order valence-electron chi connectivity index (χ4n) is 1.97. The highest BCUT2D eigenvalue weighted by Gasteiger charge is 2.34. The van der Waals surface area contributed by atoms with Crippen molar-refractivity contribution in [2.24, 2.45) is 5.73 Å². The van der Waals surface area contributed by atoms with E-state index in [2.05, 4.69) is 5.32 Å². The van der Waals surface area contributed by atoms with Crippen LogP contribution in [0.4, 0.5) is 4.79 Å². The summed E-state index contributed by atoms with van der Waals surface area (Å²) in [6, 6.07) is 9.08. The first-order valence-electron chi connectivity index (χ1n) is 5.56. The van der Waals surface area contributed by atoms with Crippen LogP contribution in [0.15, 0.2) is 30.3 Å². The topological polar surface area (TPSA) is 75.4 Å². The smallest absolute Gasteiger partial charge is 0.324 e. The summed E-state index contributed by atoms with van der Waals surface area (Å²) >= 11 is 0. The first-order chi connectivity index (χ1) is 8.22. The lowest BCUT2D eigenvalue weighted by atomic mass is 10.1. The first-order valence-corrected chi connectivity index (χ1v) is 5.56. The van der Waals surface area contributed by atoms with Crippen molar-refractivity contribution in [1.29, 1.82) is 0 Å². The molecule has 2 rings (SSSR count). The van der Waals surface area contributed by atoms with Crippen molar-refractivity contribution in [1.82, 2.24) is 10.2 Å². The Bertz CT molecular complexity index is 403. The van der Waals surface area contributed by atoms with Crippen LogP contribution in [0.3, 0.4) is 0 Å². The Morgan fingerprint density at radius 2 is 2.00 bits per heavy atom. The van der Waals surface area contributed by atoms with E-state index in [0.29, 0.717) is 6.42 Å². The monoisotopic (exact) mass is 233 g/mol. The van der Waals surface area contributed by atoms with Gasteiger partial charge in [-0.3, -0.25) is 9.69 Å². The number of hydrogen-bond donors (Lipinski definition) is 2. The number of nitrogens with one attached hydrogen (secondary N) is 1. The molecule has 3 amide bonds. The molecule has 0 bridgehead atoms. The summed E-state index contributed by atoms with van der Waals surface area (Å²) in [6.07, 6.45) is 0.594. The maximum atomic E-state index is 11.6. The molecule has 0 saturated carbocycles. The van der Waals surface area contributed by atoms with Gasteiger partial charge in [0.05, 0.1) is 12.6 Å². The van der Waals surface area contributed by atoms with Gasteiger partial charge in [0, 0.05) is 6.54 Å². The quantitative estimate of drug-likeness (QED) is 0.725. The average molecular weight is 233 g/mol. The number of nitrogens with zero attached hydrogens (tertiary/aromatic N) is 1. The Morgan fingerprint density at radius 3 is 2.53 bits per heavy atom. The highest BCUT2D eigenvalue weighted by Crippen LogP contribution is 2.11. The van der Waals surface area contributed by atoms with Gasteiger partial charge in [-0.05, 0) is 12.0 Å². The van der Waals surface area contributed by atoms with Gasteiger partial charge < -0.3 is 11.1 Å². The molecule has 17 heavy (non-hydrogen) atoms. The van der Waals surface area contributed by atoms with Crippen molar-refractivity contribution < 1.29 is 9.59 Å². The van der Waals surface area contributed by atoms with Gasteiger partial charge >= 0.3 is 6.03 Å². The van der Waals surface area contributed by atoms with Crippen LogP contribution >= 0.6 is 0 Å². The molecule has 1 aromatic rings. The lowest BCUT2D eigenvalue weighted by Crippen LogP contribution is -2.46. The van der Waals surface area contributed by atoms with Crippen molar-refractivity contribution in [3.05, 3.63) is 35.9 Å². The van der Waals surface area contributed by atoms with Gasteiger partial charge in [0.1, 0.15) is 0 Å². The van der Waals surface area contributed by atoms with E-state index in [9.17, 15) is 9.59 Å². The minimum Gasteiger partial charge on any atom is -0.329 e. The number of benzene rings is 1. The molecular weight excluding hydrogens is 218 g/mol. The second kappa shape index (κ2) is 4.97. The minimum atomic E-state index is -0.346. The highest BCUT2D eigenvalue weighted by molar-refractivity contribution is 6.02. The van der Waals surface area contributed by atoms with Gasteiger partial charge in [0.15, 0.2) is 0 Å². The van der Waals surface area contributed by atoms with E-state index >= 15 is 0 Å². The van der Waals surface area contributed by atoms with Gasteiger partial charge in [0.25, 0.3) is 0 Å². The van der Waals surface area contributed by atoms with Crippen LogP contribution in [0, 0.1) is 0 Å². The summed E-state index contributed by atoms with van der Waals surface area (Å²) < 4.78 is 0. The van der Waals surface area contributed by atoms with Crippen molar-refractivity contribution in [3.63, 3.8) is 0 Å². The molecule has 90 valence electrons. The summed E-state index contributed by atoms with van der Waals surface area (Å²) in [5.74, 6) is -0.207. The lowest BCUT2D eigenvalue weighted by molar-refractivity contribution is -0.126. The standard InChI is InChI=1S/C12H15N3O2/c13-7-10(6-9-4-2-1-3-5-9)15-11(16)8-14-12(15)17/h1-5,10H,6-8,13H2,(H,14,17). The summed E-state index contributed by atoms with van der Waals surface area (Å²) in [5.41, 5.74) is 6.72. The third kappa shape index (κ3) is 2.45. The Labute approximate surface area is 99.6 Å². The molecule has 1 heterocycles. The molecule has 1 atom stereocenters. The third-order valence-electron chi connectivity index (χ3n) is 2.83. The molecule has 0 radical (unpaired) electrons. The van der Waals surface area contributed by atoms with Crippen LogP contribution < -0.4 is 11.1 Å². The van der Waals surface area contributed by atoms with Crippen LogP contribution in [0.25, 0.3) is 0 Å². The maximum Gasteiger partial charge on any atom is 0.324 e. The molecule has 0 aromatic heterocycles. The van der Waals surface area contributed by atoms with Gasteiger partial charge in [-0.15, -0.1) is 0 Å². The molecule has 5 heteroatoms. The molecule has 3 N–H and O–H groups in total. The van der Waals surface area contributed by atoms with E-state index in [1.54, 1.807) is 0 Å². The Balaban J connectivity index is 2.11. The number of rotatable bonds is 4. The van der Waals surface area contributed by atoms with Crippen LogP contribution in [0.1, 0.15) is 5.56 Å². The fraction of sp³-hybridized carbons (Fsp3) is 0.333. The molecule has 1 aliphatic rings. The lowest BCUT2D eigenvalue weighted by Gasteiger charge is -2.23. The van der Waals surface area contributed by atoms with E-state index in [0.717, 1.165) is 5.56 Å². The number of amides is 3. The molecule has 1 unspecified atom stereocenters. The van der Waals surface area contributed by atoms with Crippen LogP contribution in [0.5, 0.6) is 0 Å². The first kappa shape index (κ1) is 11.6. The summed E-state index contributed by atoms with van der Waals surface area (Å²) in [6.45, 7) is 0.345. The van der Waals surface area contributed by atoms with Crippen LogP contribution in [-0.2, 0) is 11.2 Å². The fourth-order valence-corrected chi connectivity index (χ4v) is 1.97. The number of nitrogens with two attached hydrogens (primary N) is 1. The third-order valence-corrected chi connectivity index (χ3v) is 2.83. The van der Waals surface area contributed by atoms with Gasteiger partial charge in [-0.25, -0.2) is 4.79 Å². The second-order valence-electron chi connectivity index (χ2n) is 4.00. The van der Waals surface area contributed by atoms with E-state index in [-0.39, 0.29) is 31.1 Å². The Morgan fingerprint density at radius 1 is 1.29 bits per heavy atom. The number of hydrogen-bond acceptors (Lipinski definition) is 3. The van der Waals surface area contributed by atoms with Crippen molar-refractivity contribution >= 4 is 11.9 Å². The molecule has 5 nitrogen and oxygen atoms in total. The van der Waals surface area contributed by atoms with Crippen molar-refractivity contribution in [2.45, 2.75) is 12.5 Å². The van der Waals surface area contributed by atoms with Gasteiger partial charge in [0.2, 0.25) is 5.91 Å². The zero-order chi connectivity index (χ0) is 12.3.